The van der Waals surface area contributed by atoms with Gasteiger partial charge in [0.25, 0.3) is 0 Å². The predicted molar refractivity (Wildman–Crippen MR) is 67.8 cm³/mol. The van der Waals surface area contributed by atoms with E-state index in [1.54, 1.807) is 0 Å². The molecule has 2 heterocycles. The fraction of sp³-hybridized carbons (Fsp3) is 0.500. The molecular weight excluding hydrogens is 228 g/mol. The maximum atomic E-state index is 11.5. The van der Waals surface area contributed by atoms with Crippen molar-refractivity contribution in [2.45, 2.75) is 18.3 Å². The lowest BCUT2D eigenvalue weighted by Gasteiger charge is -2.37. The summed E-state index contributed by atoms with van der Waals surface area (Å²) in [5, 5.41) is 2.34. The number of benzene rings is 1. The number of carbonyl (C=O) groups excluding carboxylic acids is 1. The number of likely N-dealkylation sites (tertiary alicyclic amines) is 1. The number of nitrogens with zero attached hydrogens (tertiary/aromatic N) is 1. The average molecular weight is 247 g/mol. The summed E-state index contributed by atoms with van der Waals surface area (Å²) in [5.41, 5.74) is 3.11. The van der Waals surface area contributed by atoms with Crippen LogP contribution in [0.1, 0.15) is 18.4 Å². The zero-order chi connectivity index (χ0) is 12.6. The Kier molecular flexibility index (Phi) is 2.74. The summed E-state index contributed by atoms with van der Waals surface area (Å²) < 4.78 is 4.79. The molecule has 0 aromatic heterocycles. The van der Waals surface area contributed by atoms with Crippen molar-refractivity contribution in [3.8, 4) is 0 Å². The van der Waals surface area contributed by atoms with Crippen molar-refractivity contribution in [2.75, 3.05) is 26.7 Å². The maximum absolute atomic E-state index is 11.5. The van der Waals surface area contributed by atoms with E-state index in [4.69, 9.17) is 4.74 Å². The Morgan fingerprint density at radius 2 is 2.06 bits per heavy atom. The second-order valence-electron chi connectivity index (χ2n) is 5.23. The fourth-order valence-electron chi connectivity index (χ4n) is 3.29. The van der Waals surface area contributed by atoms with Gasteiger partial charge in [0.2, 0.25) is 0 Å². The van der Waals surface area contributed by atoms with E-state index in [1.165, 1.54) is 18.4 Å². The highest BCUT2D eigenvalue weighted by atomic mass is 16.5. The first-order valence-electron chi connectivity index (χ1n) is 6.51. The van der Waals surface area contributed by atoms with Gasteiger partial charge in [-0.05, 0) is 18.9 Å². The van der Waals surface area contributed by atoms with E-state index in [2.05, 4.69) is 29.6 Å². The highest BCUT2D eigenvalue weighted by Gasteiger charge is 2.45. The van der Waals surface area contributed by atoms with Crippen LogP contribution in [0.15, 0.2) is 24.3 Å². The van der Waals surface area contributed by atoms with Crippen LogP contribution >= 0.6 is 0 Å². The summed E-state index contributed by atoms with van der Waals surface area (Å²) in [6, 6.07) is 8.65. The Bertz CT molecular complexity index is 465. The van der Waals surface area contributed by atoms with Crippen LogP contribution in [0, 0.1) is 0 Å². The molecule has 96 valence electrons. The predicted octanol–water partition coefficient (Wildman–Crippen LogP) is 0.995. The molecule has 1 spiro atoms. The molecule has 0 bridgehead atoms. The SMILES string of the molecule is COC(=O)N1CCC2(CC1)C[NH2+]c1ccccc12. The molecule has 0 atom stereocenters. The van der Waals surface area contributed by atoms with Crippen LogP contribution in [0.3, 0.4) is 0 Å². The zero-order valence-corrected chi connectivity index (χ0v) is 10.7. The molecule has 2 aliphatic heterocycles. The molecule has 3 rings (SSSR count). The standard InChI is InChI=1S/C14H18N2O2/c1-18-13(17)16-8-6-14(7-9-16)10-15-12-5-3-2-4-11(12)14/h2-5,15H,6-10H2,1H3/p+1. The number of piperidine rings is 1. The smallest absolute Gasteiger partial charge is 0.409 e. The number of hydrogen-bond donors (Lipinski definition) is 1. The van der Waals surface area contributed by atoms with E-state index in [-0.39, 0.29) is 11.5 Å². The van der Waals surface area contributed by atoms with Gasteiger partial charge in [-0.1, -0.05) is 18.2 Å². The van der Waals surface area contributed by atoms with Gasteiger partial charge >= 0.3 is 6.09 Å². The number of rotatable bonds is 0. The normalized spacial score (nSPS) is 20.8. The summed E-state index contributed by atoms with van der Waals surface area (Å²) >= 11 is 0. The minimum atomic E-state index is -0.194. The third kappa shape index (κ3) is 1.68. The molecule has 0 radical (unpaired) electrons. The van der Waals surface area contributed by atoms with Crippen molar-refractivity contribution in [1.29, 1.82) is 0 Å². The Balaban J connectivity index is 1.79. The molecule has 18 heavy (non-hydrogen) atoms. The lowest BCUT2D eigenvalue weighted by molar-refractivity contribution is -0.569. The number of methoxy groups -OCH3 is 1. The number of carbonyl (C=O) groups is 1. The van der Waals surface area contributed by atoms with Gasteiger partial charge in [0.15, 0.2) is 0 Å². The van der Waals surface area contributed by atoms with Crippen molar-refractivity contribution >= 4 is 11.8 Å². The highest BCUT2D eigenvalue weighted by Crippen LogP contribution is 2.39. The van der Waals surface area contributed by atoms with Crippen molar-refractivity contribution in [3.05, 3.63) is 29.8 Å². The van der Waals surface area contributed by atoms with E-state index in [0.717, 1.165) is 32.5 Å². The van der Waals surface area contributed by atoms with Gasteiger partial charge in [0.1, 0.15) is 5.69 Å². The minimum absolute atomic E-state index is 0.194. The topological polar surface area (TPSA) is 46.1 Å². The highest BCUT2D eigenvalue weighted by molar-refractivity contribution is 5.67. The number of amides is 1. The van der Waals surface area contributed by atoms with Crippen LogP contribution in [0.4, 0.5) is 10.5 Å². The summed E-state index contributed by atoms with van der Waals surface area (Å²) in [6.07, 6.45) is 1.88. The largest absolute Gasteiger partial charge is 0.453 e. The summed E-state index contributed by atoms with van der Waals surface area (Å²) in [7, 11) is 1.45. The maximum Gasteiger partial charge on any atom is 0.409 e. The van der Waals surface area contributed by atoms with Crippen LogP contribution < -0.4 is 5.32 Å². The second kappa shape index (κ2) is 4.28. The molecule has 1 fully saturated rings. The molecule has 1 aromatic rings. The van der Waals surface area contributed by atoms with Crippen LogP contribution in [0.2, 0.25) is 0 Å². The van der Waals surface area contributed by atoms with Gasteiger partial charge < -0.3 is 15.0 Å². The molecule has 4 heteroatoms. The summed E-state index contributed by atoms with van der Waals surface area (Å²) in [6.45, 7) is 2.71. The third-order valence-electron chi connectivity index (χ3n) is 4.40. The molecule has 1 saturated heterocycles. The number of nitrogens with two attached hydrogens (primary N) is 1. The van der Waals surface area contributed by atoms with Gasteiger partial charge in [0.05, 0.1) is 19.1 Å². The Labute approximate surface area is 107 Å². The van der Waals surface area contributed by atoms with Crippen LogP contribution in [-0.2, 0) is 10.2 Å². The number of para-hydroxylation sites is 1. The first-order valence-corrected chi connectivity index (χ1v) is 6.51. The van der Waals surface area contributed by atoms with E-state index in [9.17, 15) is 4.79 Å². The number of ether oxygens (including phenoxy) is 1. The molecule has 1 aromatic carbocycles. The van der Waals surface area contributed by atoms with Gasteiger partial charge in [-0.2, -0.15) is 0 Å². The lowest BCUT2D eigenvalue weighted by Crippen LogP contribution is -2.78. The van der Waals surface area contributed by atoms with Gasteiger partial charge in [-0.25, -0.2) is 4.79 Å². The van der Waals surface area contributed by atoms with Gasteiger partial charge in [-0.3, -0.25) is 0 Å². The number of quaternary nitrogens is 1. The van der Waals surface area contributed by atoms with E-state index >= 15 is 0 Å². The Hall–Kier alpha value is -1.55. The first kappa shape index (κ1) is 11.5. The van der Waals surface area contributed by atoms with Gasteiger partial charge in [0, 0.05) is 18.7 Å². The van der Waals surface area contributed by atoms with E-state index in [0.29, 0.717) is 0 Å². The quantitative estimate of drug-likeness (QED) is 0.695. The Morgan fingerprint density at radius 3 is 2.78 bits per heavy atom. The second-order valence-corrected chi connectivity index (χ2v) is 5.23. The van der Waals surface area contributed by atoms with Crippen LogP contribution in [-0.4, -0.2) is 37.7 Å². The molecule has 2 aliphatic rings. The Morgan fingerprint density at radius 1 is 1.33 bits per heavy atom. The number of hydrogen-bond acceptors (Lipinski definition) is 2. The molecule has 2 N–H and O–H groups in total. The van der Waals surface area contributed by atoms with Crippen LogP contribution in [0.25, 0.3) is 0 Å². The molecule has 4 nitrogen and oxygen atoms in total. The van der Waals surface area contributed by atoms with Crippen molar-refractivity contribution < 1.29 is 14.8 Å². The zero-order valence-electron chi connectivity index (χ0n) is 10.7. The number of fused-ring (bicyclic) bond motifs is 2. The van der Waals surface area contributed by atoms with Crippen LogP contribution in [0.5, 0.6) is 0 Å². The average Bonchev–Trinajstić information content (AvgIpc) is 2.78. The first-order chi connectivity index (χ1) is 8.75. The third-order valence-corrected chi connectivity index (χ3v) is 4.40. The molecule has 0 aliphatic carbocycles. The van der Waals surface area contributed by atoms with Crippen molar-refractivity contribution in [3.63, 3.8) is 0 Å². The molecule has 0 unspecified atom stereocenters. The summed E-state index contributed by atoms with van der Waals surface area (Å²) in [5.74, 6) is 0. The summed E-state index contributed by atoms with van der Waals surface area (Å²) in [4.78, 5) is 13.3. The van der Waals surface area contributed by atoms with Gasteiger partial charge in [-0.15, -0.1) is 0 Å². The lowest BCUT2D eigenvalue weighted by atomic mass is 9.74. The van der Waals surface area contributed by atoms with Crippen molar-refractivity contribution in [1.82, 2.24) is 4.90 Å². The molecule has 1 amide bonds. The fourth-order valence-corrected chi connectivity index (χ4v) is 3.29. The van der Waals surface area contributed by atoms with Crippen molar-refractivity contribution in [2.24, 2.45) is 0 Å². The van der Waals surface area contributed by atoms with E-state index in [1.807, 2.05) is 4.90 Å². The van der Waals surface area contributed by atoms with E-state index < -0.39 is 0 Å². The monoisotopic (exact) mass is 247 g/mol. The molecule has 0 saturated carbocycles. The molecular formula is C14H19N2O2+. The minimum Gasteiger partial charge on any atom is -0.453 e.